The van der Waals surface area contributed by atoms with E-state index in [1.54, 1.807) is 17.8 Å². The molecule has 2 rings (SSSR count). The number of benzene rings is 1. The molecule has 13 heavy (non-hydrogen) atoms. The Kier molecular flexibility index (Phi) is 2.34. The minimum absolute atomic E-state index is 0.523. The van der Waals surface area contributed by atoms with Gasteiger partial charge in [-0.05, 0) is 12.1 Å². The van der Waals surface area contributed by atoms with E-state index >= 15 is 0 Å². The number of fused-ring (bicyclic) bond motifs is 1. The molecule has 0 amide bonds. The lowest BCUT2D eigenvalue weighted by Crippen LogP contribution is -2.07. The van der Waals surface area contributed by atoms with Gasteiger partial charge in [-0.15, -0.1) is 11.8 Å². The van der Waals surface area contributed by atoms with Gasteiger partial charge in [-0.25, -0.2) is 0 Å². The number of nitriles is 1. The van der Waals surface area contributed by atoms with Crippen molar-refractivity contribution in [2.75, 3.05) is 12.4 Å². The highest BCUT2D eigenvalue weighted by molar-refractivity contribution is 7.99. The lowest BCUT2D eigenvalue weighted by atomic mass is 10.2. The van der Waals surface area contributed by atoms with Crippen molar-refractivity contribution in [2.24, 2.45) is 0 Å². The molecule has 1 aliphatic heterocycles. The van der Waals surface area contributed by atoms with Crippen molar-refractivity contribution in [1.82, 2.24) is 0 Å². The summed E-state index contributed by atoms with van der Waals surface area (Å²) in [6.45, 7) is 0.661. The highest BCUT2D eigenvalue weighted by Crippen LogP contribution is 2.37. The fourth-order valence-corrected chi connectivity index (χ4v) is 2.38. The van der Waals surface area contributed by atoms with Crippen molar-refractivity contribution in [1.29, 1.82) is 5.26 Å². The molecule has 0 aromatic heterocycles. The highest BCUT2D eigenvalue weighted by atomic mass is 35.5. The number of thioether (sulfide) groups is 1. The Morgan fingerprint density at radius 2 is 2.38 bits per heavy atom. The second-order valence-corrected chi connectivity index (χ2v) is 4.16. The molecule has 0 saturated carbocycles. The molecule has 1 aromatic rings. The number of nitrogens with zero attached hydrogens (tertiary/aromatic N) is 1. The molecule has 0 bridgehead atoms. The maximum Gasteiger partial charge on any atom is 0.150 e. The van der Waals surface area contributed by atoms with Crippen LogP contribution in [0.3, 0.4) is 0 Å². The molecule has 0 aliphatic carbocycles. The van der Waals surface area contributed by atoms with Gasteiger partial charge >= 0.3 is 0 Å². The van der Waals surface area contributed by atoms with E-state index in [2.05, 4.69) is 6.07 Å². The molecular weight excluding hydrogens is 206 g/mol. The van der Waals surface area contributed by atoms with Crippen LogP contribution in [0.4, 0.5) is 0 Å². The predicted molar refractivity (Wildman–Crippen MR) is 52.4 cm³/mol. The predicted octanol–water partition coefficient (Wildman–Crippen LogP) is 2.70. The summed E-state index contributed by atoms with van der Waals surface area (Å²) in [6, 6.07) is 5.54. The minimum Gasteiger partial charge on any atom is -0.490 e. The summed E-state index contributed by atoms with van der Waals surface area (Å²) < 4.78 is 5.40. The monoisotopic (exact) mass is 211 g/mol. The van der Waals surface area contributed by atoms with Crippen LogP contribution in [-0.4, -0.2) is 12.4 Å². The van der Waals surface area contributed by atoms with Gasteiger partial charge in [0.15, 0.2) is 5.75 Å². The van der Waals surface area contributed by atoms with Crippen LogP contribution < -0.4 is 4.74 Å². The third-order valence-electron chi connectivity index (χ3n) is 1.73. The molecule has 0 fully saturated rings. The third kappa shape index (κ3) is 1.60. The standard InChI is InChI=1S/C9H6ClNOS/c10-7-3-6(5-11)9-8(4-7)13-2-1-12-9/h3-4H,1-2H2. The Bertz CT molecular complexity index is 386. The van der Waals surface area contributed by atoms with Crippen LogP contribution in [0, 0.1) is 11.3 Å². The number of rotatable bonds is 0. The second kappa shape index (κ2) is 3.49. The largest absolute Gasteiger partial charge is 0.490 e. The van der Waals surface area contributed by atoms with Crippen LogP contribution in [0.1, 0.15) is 5.56 Å². The molecule has 4 heteroatoms. The van der Waals surface area contributed by atoms with Crippen LogP contribution in [0.2, 0.25) is 5.02 Å². The maximum absolute atomic E-state index is 8.82. The van der Waals surface area contributed by atoms with Gasteiger partial charge < -0.3 is 4.74 Å². The topological polar surface area (TPSA) is 33.0 Å². The molecule has 1 aromatic carbocycles. The van der Waals surface area contributed by atoms with Crippen LogP contribution in [0.15, 0.2) is 17.0 Å². The summed E-state index contributed by atoms with van der Waals surface area (Å²) in [5, 5.41) is 9.41. The van der Waals surface area contributed by atoms with Gasteiger partial charge in [-0.2, -0.15) is 5.26 Å². The maximum atomic E-state index is 8.82. The van der Waals surface area contributed by atoms with Gasteiger partial charge in [0.1, 0.15) is 6.07 Å². The van der Waals surface area contributed by atoms with E-state index in [1.807, 2.05) is 6.07 Å². The van der Waals surface area contributed by atoms with Crippen molar-refractivity contribution < 1.29 is 4.74 Å². The van der Waals surface area contributed by atoms with Gasteiger partial charge in [0.25, 0.3) is 0 Å². The Morgan fingerprint density at radius 1 is 1.54 bits per heavy atom. The molecule has 0 saturated heterocycles. The van der Waals surface area contributed by atoms with E-state index in [4.69, 9.17) is 21.6 Å². The summed E-state index contributed by atoms with van der Waals surface area (Å²) in [5.41, 5.74) is 0.523. The fraction of sp³-hybridized carbons (Fsp3) is 0.222. The lowest BCUT2D eigenvalue weighted by molar-refractivity contribution is 0.329. The molecule has 0 radical (unpaired) electrons. The first kappa shape index (κ1) is 8.74. The summed E-state index contributed by atoms with van der Waals surface area (Å²) in [7, 11) is 0. The summed E-state index contributed by atoms with van der Waals surface area (Å²) in [6.07, 6.45) is 0. The first-order chi connectivity index (χ1) is 6.31. The minimum atomic E-state index is 0.523. The van der Waals surface area contributed by atoms with Crippen LogP contribution in [-0.2, 0) is 0 Å². The summed E-state index contributed by atoms with van der Waals surface area (Å²) in [4.78, 5) is 0.968. The first-order valence-corrected chi connectivity index (χ1v) is 5.17. The second-order valence-electron chi connectivity index (χ2n) is 2.59. The Hall–Kier alpha value is -0.850. The third-order valence-corrected chi connectivity index (χ3v) is 2.93. The molecule has 66 valence electrons. The molecule has 0 spiro atoms. The van der Waals surface area contributed by atoms with Crippen LogP contribution in [0.25, 0.3) is 0 Å². The zero-order valence-electron chi connectivity index (χ0n) is 6.71. The first-order valence-electron chi connectivity index (χ1n) is 3.80. The van der Waals surface area contributed by atoms with Gasteiger partial charge in [-0.1, -0.05) is 11.6 Å². The molecule has 1 heterocycles. The quantitative estimate of drug-likeness (QED) is 0.662. The van der Waals surface area contributed by atoms with Gasteiger partial charge in [0.2, 0.25) is 0 Å². The Balaban J connectivity index is 2.58. The van der Waals surface area contributed by atoms with E-state index in [9.17, 15) is 0 Å². The number of halogens is 1. The number of hydrogen-bond acceptors (Lipinski definition) is 3. The number of hydrogen-bond donors (Lipinski definition) is 0. The van der Waals surface area contributed by atoms with Crippen molar-refractivity contribution in [2.45, 2.75) is 4.90 Å². The molecular formula is C9H6ClNOS. The highest BCUT2D eigenvalue weighted by Gasteiger charge is 2.15. The van der Waals surface area contributed by atoms with E-state index in [-0.39, 0.29) is 0 Å². The average molecular weight is 212 g/mol. The van der Waals surface area contributed by atoms with Crippen LogP contribution in [0.5, 0.6) is 5.75 Å². The number of ether oxygens (including phenoxy) is 1. The van der Waals surface area contributed by atoms with Crippen LogP contribution >= 0.6 is 23.4 Å². The molecule has 1 aliphatic rings. The zero-order valence-corrected chi connectivity index (χ0v) is 8.28. The van der Waals surface area contributed by atoms with Crippen molar-refractivity contribution >= 4 is 23.4 Å². The van der Waals surface area contributed by atoms with Crippen molar-refractivity contribution in [3.63, 3.8) is 0 Å². The molecule has 2 nitrogen and oxygen atoms in total. The van der Waals surface area contributed by atoms with Gasteiger partial charge in [0, 0.05) is 10.8 Å². The van der Waals surface area contributed by atoms with Crippen molar-refractivity contribution in [3.8, 4) is 11.8 Å². The van der Waals surface area contributed by atoms with E-state index in [0.29, 0.717) is 22.9 Å². The molecule has 0 atom stereocenters. The summed E-state index contributed by atoms with van der Waals surface area (Å²) >= 11 is 7.51. The SMILES string of the molecule is N#Cc1cc(Cl)cc2c1OCCS2. The fourth-order valence-electron chi connectivity index (χ4n) is 1.20. The molecule has 0 unspecified atom stereocenters. The molecule has 0 N–H and O–H groups in total. The summed E-state index contributed by atoms with van der Waals surface area (Å²) in [5.74, 6) is 1.60. The smallest absolute Gasteiger partial charge is 0.150 e. The zero-order chi connectivity index (χ0) is 9.26. The van der Waals surface area contributed by atoms with E-state index in [0.717, 1.165) is 10.6 Å². The van der Waals surface area contributed by atoms with Gasteiger partial charge in [0.05, 0.1) is 17.1 Å². The lowest BCUT2D eigenvalue weighted by Gasteiger charge is -2.17. The van der Waals surface area contributed by atoms with E-state index in [1.165, 1.54) is 0 Å². The van der Waals surface area contributed by atoms with Gasteiger partial charge in [-0.3, -0.25) is 0 Å². The van der Waals surface area contributed by atoms with E-state index < -0.39 is 0 Å². The average Bonchev–Trinajstić information content (AvgIpc) is 2.16. The normalized spacial score (nSPS) is 14.2. The Morgan fingerprint density at radius 3 is 3.15 bits per heavy atom. The van der Waals surface area contributed by atoms with Crippen molar-refractivity contribution in [3.05, 3.63) is 22.7 Å². The Labute approximate surface area is 85.5 Å².